The smallest absolute Gasteiger partial charge is 0.169 e. The van der Waals surface area contributed by atoms with Crippen molar-refractivity contribution in [3.63, 3.8) is 0 Å². The molecule has 1 aromatic heterocycles. The fraction of sp³-hybridized carbons (Fsp3) is 0.267. The Labute approximate surface area is 108 Å². The van der Waals surface area contributed by atoms with Gasteiger partial charge in [-0.25, -0.2) is 0 Å². The Morgan fingerprint density at radius 2 is 2.17 bits per heavy atom. The molecule has 0 amide bonds. The van der Waals surface area contributed by atoms with Gasteiger partial charge in [0.25, 0.3) is 0 Å². The van der Waals surface area contributed by atoms with Crippen LogP contribution in [0.3, 0.4) is 0 Å². The van der Waals surface area contributed by atoms with Crippen LogP contribution in [0.2, 0.25) is 0 Å². The van der Waals surface area contributed by atoms with Crippen LogP contribution < -0.4 is 10.1 Å². The zero-order valence-corrected chi connectivity index (χ0v) is 10.6. The lowest BCUT2D eigenvalue weighted by Gasteiger charge is -2.12. The fourth-order valence-corrected chi connectivity index (χ4v) is 1.62. The van der Waals surface area contributed by atoms with Crippen molar-refractivity contribution >= 4 is 0 Å². The van der Waals surface area contributed by atoms with Crippen molar-refractivity contribution in [1.29, 1.82) is 0 Å². The van der Waals surface area contributed by atoms with E-state index in [1.807, 2.05) is 30.3 Å². The van der Waals surface area contributed by atoms with Crippen molar-refractivity contribution in [3.05, 3.63) is 59.9 Å². The number of pyridine rings is 1. The molecule has 0 saturated carbocycles. The SMILES string of the molecule is COc1c#cc([C@@H](C)NCc2ccccn2)cc1. The highest BCUT2D eigenvalue weighted by Crippen LogP contribution is 2.13. The third kappa shape index (κ3) is 3.22. The van der Waals surface area contributed by atoms with Gasteiger partial charge in [-0.3, -0.25) is 4.98 Å². The summed E-state index contributed by atoms with van der Waals surface area (Å²) in [5.41, 5.74) is 2.09. The van der Waals surface area contributed by atoms with Gasteiger partial charge in [-0.15, -0.1) is 0 Å². The first-order valence-electron chi connectivity index (χ1n) is 5.91. The van der Waals surface area contributed by atoms with Crippen LogP contribution in [-0.4, -0.2) is 12.1 Å². The maximum atomic E-state index is 5.06. The lowest BCUT2D eigenvalue weighted by atomic mass is 10.1. The first kappa shape index (κ1) is 12.4. The summed E-state index contributed by atoms with van der Waals surface area (Å²) in [4.78, 5) is 4.27. The molecule has 0 aliphatic rings. The van der Waals surface area contributed by atoms with Crippen LogP contribution in [0.1, 0.15) is 24.2 Å². The van der Waals surface area contributed by atoms with E-state index in [9.17, 15) is 0 Å². The van der Waals surface area contributed by atoms with E-state index in [1.54, 1.807) is 13.3 Å². The Balaban J connectivity index is 1.93. The van der Waals surface area contributed by atoms with E-state index in [4.69, 9.17) is 4.74 Å². The van der Waals surface area contributed by atoms with Crippen LogP contribution in [-0.2, 0) is 6.54 Å². The second kappa shape index (κ2) is 6.04. The van der Waals surface area contributed by atoms with E-state index in [0.717, 1.165) is 17.8 Å². The Morgan fingerprint density at radius 3 is 2.78 bits per heavy atom. The zero-order chi connectivity index (χ0) is 12.8. The average Bonchev–Trinajstić information content (AvgIpc) is 2.46. The van der Waals surface area contributed by atoms with Crippen molar-refractivity contribution in [1.82, 2.24) is 10.3 Å². The van der Waals surface area contributed by atoms with Gasteiger partial charge in [0.15, 0.2) is 5.75 Å². The quantitative estimate of drug-likeness (QED) is 0.872. The van der Waals surface area contributed by atoms with Crippen LogP contribution in [0.4, 0.5) is 0 Å². The third-order valence-corrected chi connectivity index (χ3v) is 2.75. The largest absolute Gasteiger partial charge is 0.489 e. The highest BCUT2D eigenvalue weighted by molar-refractivity contribution is 5.22. The van der Waals surface area contributed by atoms with Gasteiger partial charge < -0.3 is 10.1 Å². The number of hydrogen-bond donors (Lipinski definition) is 1. The van der Waals surface area contributed by atoms with Gasteiger partial charge in [-0.1, -0.05) is 12.1 Å². The molecule has 3 nitrogen and oxygen atoms in total. The Bertz CT molecular complexity index is 468. The monoisotopic (exact) mass is 240 g/mol. The van der Waals surface area contributed by atoms with Gasteiger partial charge >= 0.3 is 0 Å². The number of hydrogen-bond acceptors (Lipinski definition) is 3. The Hall–Kier alpha value is -2.05. The van der Waals surface area contributed by atoms with Crippen molar-refractivity contribution in [3.8, 4) is 5.75 Å². The third-order valence-electron chi connectivity index (χ3n) is 2.75. The van der Waals surface area contributed by atoms with Crippen molar-refractivity contribution in [2.45, 2.75) is 19.5 Å². The molecule has 3 heteroatoms. The van der Waals surface area contributed by atoms with Gasteiger partial charge in [-0.05, 0) is 37.3 Å². The highest BCUT2D eigenvalue weighted by atomic mass is 16.5. The molecule has 92 valence electrons. The summed E-state index contributed by atoms with van der Waals surface area (Å²) in [5, 5.41) is 3.40. The molecule has 1 aromatic carbocycles. The second-order valence-electron chi connectivity index (χ2n) is 4.03. The maximum Gasteiger partial charge on any atom is 0.169 e. The predicted octanol–water partition coefficient (Wildman–Crippen LogP) is 2.54. The van der Waals surface area contributed by atoms with E-state index in [-0.39, 0.29) is 6.04 Å². The van der Waals surface area contributed by atoms with Crippen LogP contribution in [0.25, 0.3) is 0 Å². The predicted molar refractivity (Wildman–Crippen MR) is 70.2 cm³/mol. The maximum absolute atomic E-state index is 5.06. The molecule has 0 aliphatic carbocycles. The van der Waals surface area contributed by atoms with Crippen molar-refractivity contribution in [2.75, 3.05) is 7.11 Å². The Kier molecular flexibility index (Phi) is 4.16. The molecular formula is C15H16N2O. The fourth-order valence-electron chi connectivity index (χ4n) is 1.62. The van der Waals surface area contributed by atoms with Crippen molar-refractivity contribution < 1.29 is 4.74 Å². The summed E-state index contributed by atoms with van der Waals surface area (Å²) in [7, 11) is 1.63. The number of nitrogens with one attached hydrogen (secondary N) is 1. The van der Waals surface area contributed by atoms with E-state index in [1.165, 1.54) is 0 Å². The molecule has 0 radical (unpaired) electrons. The summed E-state index contributed by atoms with van der Waals surface area (Å²) in [6, 6.07) is 16.0. The number of rotatable bonds is 5. The molecule has 2 rings (SSSR count). The van der Waals surface area contributed by atoms with Gasteiger partial charge in [0.05, 0.1) is 12.8 Å². The molecule has 0 bridgehead atoms. The molecule has 0 fully saturated rings. The van der Waals surface area contributed by atoms with Gasteiger partial charge in [-0.2, -0.15) is 0 Å². The standard InChI is InChI=1S/C15H16N2O/c1-12(13-6-8-15(18-2)9-7-13)17-11-14-5-3-4-10-16-14/h3-6,8,10,12,17H,11H2,1-2H3/t12-/m1/s1. The normalized spacial score (nSPS) is 11.7. The number of aromatic nitrogens is 1. The first-order chi connectivity index (χ1) is 8.79. The molecule has 18 heavy (non-hydrogen) atoms. The number of nitrogens with zero attached hydrogens (tertiary/aromatic N) is 1. The van der Waals surface area contributed by atoms with Crippen LogP contribution in [0.15, 0.2) is 36.5 Å². The molecule has 1 N–H and O–H groups in total. The summed E-state index contributed by atoms with van der Waals surface area (Å²) in [6.07, 6.45) is 1.80. The van der Waals surface area contributed by atoms with Gasteiger partial charge in [0.2, 0.25) is 0 Å². The van der Waals surface area contributed by atoms with E-state index in [2.05, 4.69) is 29.4 Å². The molecule has 0 saturated heterocycles. The molecule has 0 spiro atoms. The van der Waals surface area contributed by atoms with E-state index in [0.29, 0.717) is 5.75 Å². The minimum Gasteiger partial charge on any atom is -0.489 e. The van der Waals surface area contributed by atoms with E-state index >= 15 is 0 Å². The first-order valence-corrected chi connectivity index (χ1v) is 5.91. The van der Waals surface area contributed by atoms with Gasteiger partial charge in [0, 0.05) is 24.3 Å². The summed E-state index contributed by atoms with van der Waals surface area (Å²) < 4.78 is 5.06. The zero-order valence-electron chi connectivity index (χ0n) is 10.6. The molecule has 0 unspecified atom stereocenters. The summed E-state index contributed by atoms with van der Waals surface area (Å²) >= 11 is 0. The molecule has 1 heterocycles. The van der Waals surface area contributed by atoms with Crippen molar-refractivity contribution in [2.24, 2.45) is 0 Å². The average molecular weight is 240 g/mol. The lowest BCUT2D eigenvalue weighted by Crippen LogP contribution is -2.18. The van der Waals surface area contributed by atoms with Crippen LogP contribution >= 0.6 is 0 Å². The highest BCUT2D eigenvalue weighted by Gasteiger charge is 2.04. The molecule has 0 aliphatic heterocycles. The molecule has 1 atom stereocenters. The Morgan fingerprint density at radius 1 is 1.28 bits per heavy atom. The number of methoxy groups -OCH3 is 1. The summed E-state index contributed by atoms with van der Waals surface area (Å²) in [5.74, 6) is 0.704. The van der Waals surface area contributed by atoms with Crippen LogP contribution in [0.5, 0.6) is 5.75 Å². The molecular weight excluding hydrogens is 224 g/mol. The van der Waals surface area contributed by atoms with E-state index < -0.39 is 0 Å². The number of ether oxygens (including phenoxy) is 1. The van der Waals surface area contributed by atoms with Crippen LogP contribution in [0, 0.1) is 12.1 Å². The van der Waals surface area contributed by atoms with Gasteiger partial charge in [0.1, 0.15) is 0 Å². The summed E-state index contributed by atoms with van der Waals surface area (Å²) in [6.45, 7) is 2.83. The topological polar surface area (TPSA) is 34.1 Å². The molecule has 2 aromatic rings. The second-order valence-corrected chi connectivity index (χ2v) is 4.03. The minimum absolute atomic E-state index is 0.203. The minimum atomic E-state index is 0.203. The lowest BCUT2D eigenvalue weighted by molar-refractivity contribution is 0.414.